The molecule has 0 bridgehead atoms. The van der Waals surface area contributed by atoms with Crippen LogP contribution >= 0.6 is 0 Å². The van der Waals surface area contributed by atoms with Crippen molar-refractivity contribution in [2.24, 2.45) is 5.73 Å². The predicted molar refractivity (Wildman–Crippen MR) is 79.4 cm³/mol. The highest BCUT2D eigenvalue weighted by molar-refractivity contribution is 5.29. The largest absolute Gasteiger partial charge is 0.497 e. The molecule has 2 N–H and O–H groups in total. The number of nitrogens with two attached hydrogens (primary N) is 1. The van der Waals surface area contributed by atoms with Crippen LogP contribution in [-0.4, -0.2) is 31.1 Å². The summed E-state index contributed by atoms with van der Waals surface area (Å²) in [6, 6.07) is 8.95. The molecule has 1 heterocycles. The fourth-order valence-electron chi connectivity index (χ4n) is 2.97. The Bertz CT molecular complexity index is 377. The van der Waals surface area contributed by atoms with Gasteiger partial charge >= 0.3 is 0 Å². The van der Waals surface area contributed by atoms with Crippen LogP contribution in [0.3, 0.4) is 0 Å². The molecule has 1 saturated heterocycles. The first-order valence-corrected chi connectivity index (χ1v) is 7.38. The van der Waals surface area contributed by atoms with Crippen molar-refractivity contribution in [2.75, 3.05) is 20.2 Å². The maximum absolute atomic E-state index is 6.35. The first kappa shape index (κ1) is 14.4. The molecular formula is C16H26N2O. The molecular weight excluding hydrogens is 236 g/mol. The van der Waals surface area contributed by atoms with E-state index < -0.39 is 0 Å². The van der Waals surface area contributed by atoms with Gasteiger partial charge in [0.1, 0.15) is 5.75 Å². The summed E-state index contributed by atoms with van der Waals surface area (Å²) in [6.45, 7) is 4.44. The molecule has 1 aliphatic heterocycles. The second-order valence-corrected chi connectivity index (χ2v) is 5.43. The lowest BCUT2D eigenvalue weighted by molar-refractivity contribution is 0.136. The van der Waals surface area contributed by atoms with Gasteiger partial charge in [-0.3, -0.25) is 4.90 Å². The molecule has 0 amide bonds. The minimum atomic E-state index is 0.0954. The van der Waals surface area contributed by atoms with Crippen molar-refractivity contribution >= 4 is 0 Å². The number of piperidine rings is 1. The van der Waals surface area contributed by atoms with Crippen molar-refractivity contribution < 1.29 is 4.74 Å². The summed E-state index contributed by atoms with van der Waals surface area (Å²) < 4.78 is 5.18. The lowest BCUT2D eigenvalue weighted by Gasteiger charge is -2.36. The molecule has 0 saturated carbocycles. The number of ether oxygens (including phenoxy) is 1. The first-order valence-electron chi connectivity index (χ1n) is 7.38. The smallest absolute Gasteiger partial charge is 0.118 e. The van der Waals surface area contributed by atoms with E-state index in [-0.39, 0.29) is 6.04 Å². The van der Waals surface area contributed by atoms with E-state index in [4.69, 9.17) is 10.5 Å². The quantitative estimate of drug-likeness (QED) is 0.886. The van der Waals surface area contributed by atoms with E-state index in [1.54, 1.807) is 7.11 Å². The fourth-order valence-corrected chi connectivity index (χ4v) is 2.97. The topological polar surface area (TPSA) is 38.5 Å². The first-order chi connectivity index (χ1) is 9.24. The van der Waals surface area contributed by atoms with Gasteiger partial charge in [-0.25, -0.2) is 0 Å². The van der Waals surface area contributed by atoms with Crippen molar-refractivity contribution in [2.45, 2.75) is 44.7 Å². The zero-order chi connectivity index (χ0) is 13.7. The number of rotatable bonds is 5. The van der Waals surface area contributed by atoms with E-state index >= 15 is 0 Å². The lowest BCUT2D eigenvalue weighted by atomic mass is 9.98. The van der Waals surface area contributed by atoms with E-state index in [1.807, 2.05) is 12.1 Å². The molecule has 1 fully saturated rings. The van der Waals surface area contributed by atoms with Gasteiger partial charge in [-0.15, -0.1) is 0 Å². The fraction of sp³-hybridized carbons (Fsp3) is 0.625. The van der Waals surface area contributed by atoms with Crippen LogP contribution < -0.4 is 10.5 Å². The lowest BCUT2D eigenvalue weighted by Crippen LogP contribution is -2.42. The van der Waals surface area contributed by atoms with E-state index in [0.29, 0.717) is 0 Å². The molecule has 19 heavy (non-hydrogen) atoms. The van der Waals surface area contributed by atoms with E-state index in [0.717, 1.165) is 18.3 Å². The van der Waals surface area contributed by atoms with Crippen molar-refractivity contribution in [3.05, 3.63) is 29.8 Å². The number of nitrogens with zero attached hydrogens (tertiary/aromatic N) is 1. The Balaban J connectivity index is 1.96. The normalized spacial score (nSPS) is 22.2. The van der Waals surface area contributed by atoms with Crippen molar-refractivity contribution in [1.29, 1.82) is 0 Å². The number of benzene rings is 1. The Morgan fingerprint density at radius 3 is 2.68 bits per heavy atom. The van der Waals surface area contributed by atoms with E-state index in [2.05, 4.69) is 24.0 Å². The Labute approximate surface area is 116 Å². The summed E-state index contributed by atoms with van der Waals surface area (Å²) in [5.41, 5.74) is 7.55. The Kier molecular flexibility index (Phi) is 5.23. The average Bonchev–Trinajstić information content (AvgIpc) is 2.48. The van der Waals surface area contributed by atoms with Gasteiger partial charge in [-0.2, -0.15) is 0 Å². The predicted octanol–water partition coefficient (Wildman–Crippen LogP) is 2.96. The highest BCUT2D eigenvalue weighted by atomic mass is 16.5. The van der Waals surface area contributed by atoms with Gasteiger partial charge < -0.3 is 10.5 Å². The standard InChI is InChI=1S/C16H26N2O/c1-3-14-6-4-5-11-18(14)12-16(17)13-7-9-15(19-2)10-8-13/h7-10,14,16H,3-6,11-12,17H2,1-2H3. The molecule has 106 valence electrons. The van der Waals surface area contributed by atoms with Gasteiger partial charge in [0.25, 0.3) is 0 Å². The summed E-state index contributed by atoms with van der Waals surface area (Å²) >= 11 is 0. The summed E-state index contributed by atoms with van der Waals surface area (Å²) in [6.07, 6.45) is 5.24. The second kappa shape index (κ2) is 6.92. The average molecular weight is 262 g/mol. The van der Waals surface area contributed by atoms with Crippen LogP contribution in [0.25, 0.3) is 0 Å². The molecule has 2 atom stereocenters. The van der Waals surface area contributed by atoms with Crippen LogP contribution in [0.2, 0.25) is 0 Å². The molecule has 3 heteroatoms. The third-order valence-electron chi connectivity index (χ3n) is 4.20. The molecule has 0 radical (unpaired) electrons. The van der Waals surface area contributed by atoms with Gasteiger partial charge in [0.15, 0.2) is 0 Å². The van der Waals surface area contributed by atoms with Crippen LogP contribution in [0.15, 0.2) is 24.3 Å². The Morgan fingerprint density at radius 2 is 2.05 bits per heavy atom. The molecule has 1 aromatic rings. The van der Waals surface area contributed by atoms with Crippen LogP contribution in [0.1, 0.15) is 44.2 Å². The van der Waals surface area contributed by atoms with Gasteiger partial charge in [0, 0.05) is 18.6 Å². The van der Waals surface area contributed by atoms with Crippen molar-refractivity contribution in [3.63, 3.8) is 0 Å². The zero-order valence-electron chi connectivity index (χ0n) is 12.1. The highest BCUT2D eigenvalue weighted by Crippen LogP contribution is 2.23. The van der Waals surface area contributed by atoms with Gasteiger partial charge in [0.2, 0.25) is 0 Å². The molecule has 0 aromatic heterocycles. The summed E-state index contributed by atoms with van der Waals surface area (Å²) in [5.74, 6) is 0.889. The monoisotopic (exact) mass is 262 g/mol. The third-order valence-corrected chi connectivity index (χ3v) is 4.20. The molecule has 2 rings (SSSR count). The van der Waals surface area contributed by atoms with Gasteiger partial charge in [-0.1, -0.05) is 25.5 Å². The Morgan fingerprint density at radius 1 is 1.32 bits per heavy atom. The van der Waals surface area contributed by atoms with Crippen molar-refractivity contribution in [1.82, 2.24) is 4.90 Å². The van der Waals surface area contributed by atoms with Crippen LogP contribution in [0, 0.1) is 0 Å². The minimum Gasteiger partial charge on any atom is -0.497 e. The van der Waals surface area contributed by atoms with E-state index in [9.17, 15) is 0 Å². The third kappa shape index (κ3) is 3.71. The van der Waals surface area contributed by atoms with Gasteiger partial charge in [0.05, 0.1) is 7.11 Å². The number of hydrogen-bond acceptors (Lipinski definition) is 3. The number of likely N-dealkylation sites (tertiary alicyclic amines) is 1. The SMILES string of the molecule is CCC1CCCCN1CC(N)c1ccc(OC)cc1. The summed E-state index contributed by atoms with van der Waals surface area (Å²) in [5, 5.41) is 0. The molecule has 1 aromatic carbocycles. The zero-order valence-corrected chi connectivity index (χ0v) is 12.1. The van der Waals surface area contributed by atoms with E-state index in [1.165, 1.54) is 37.8 Å². The summed E-state index contributed by atoms with van der Waals surface area (Å²) in [4.78, 5) is 2.57. The van der Waals surface area contributed by atoms with Crippen LogP contribution in [0.5, 0.6) is 5.75 Å². The molecule has 2 unspecified atom stereocenters. The maximum Gasteiger partial charge on any atom is 0.118 e. The number of hydrogen-bond donors (Lipinski definition) is 1. The summed E-state index contributed by atoms with van der Waals surface area (Å²) in [7, 11) is 1.69. The molecule has 0 spiro atoms. The number of methoxy groups -OCH3 is 1. The van der Waals surface area contributed by atoms with Crippen LogP contribution in [-0.2, 0) is 0 Å². The molecule has 3 nitrogen and oxygen atoms in total. The van der Waals surface area contributed by atoms with Crippen LogP contribution in [0.4, 0.5) is 0 Å². The van der Waals surface area contributed by atoms with Gasteiger partial charge in [-0.05, 0) is 43.5 Å². The molecule has 1 aliphatic rings. The highest BCUT2D eigenvalue weighted by Gasteiger charge is 2.22. The van der Waals surface area contributed by atoms with Crippen molar-refractivity contribution in [3.8, 4) is 5.75 Å². The minimum absolute atomic E-state index is 0.0954. The molecule has 0 aliphatic carbocycles. The maximum atomic E-state index is 6.35. The Hall–Kier alpha value is -1.06. The second-order valence-electron chi connectivity index (χ2n) is 5.43.